The molecule has 0 radical (unpaired) electrons. The quantitative estimate of drug-likeness (QED) is 0.460. The Kier molecular flexibility index (Phi) is 5.49. The molecule has 0 atom stereocenters. The van der Waals surface area contributed by atoms with Crippen LogP contribution in [0.5, 0.6) is 0 Å². The molecule has 1 amide bonds. The highest BCUT2D eigenvalue weighted by Gasteiger charge is 2.19. The lowest BCUT2D eigenvalue weighted by Gasteiger charge is -2.26. The number of carbonyl (C=O) groups excluding carboxylic acids is 1. The van der Waals surface area contributed by atoms with Crippen molar-refractivity contribution in [1.29, 1.82) is 5.41 Å². The molecule has 88 valence electrons. The van der Waals surface area contributed by atoms with Crippen molar-refractivity contribution in [3.8, 4) is 0 Å². The molecule has 0 aromatic heterocycles. The van der Waals surface area contributed by atoms with E-state index in [0.717, 1.165) is 5.01 Å². The minimum atomic E-state index is -0.312. The van der Waals surface area contributed by atoms with Gasteiger partial charge in [-0.25, -0.2) is 10.0 Å². The summed E-state index contributed by atoms with van der Waals surface area (Å²) in [4.78, 5) is 11.9. The molecule has 0 heterocycles. The molecule has 5 nitrogen and oxygen atoms in total. The number of halogens is 1. The summed E-state index contributed by atoms with van der Waals surface area (Å²) in [6, 6.07) is 8.72. The maximum atomic E-state index is 11.9. The van der Waals surface area contributed by atoms with Crippen LogP contribution in [0.2, 0.25) is 0 Å². The van der Waals surface area contributed by atoms with Gasteiger partial charge in [0.25, 0.3) is 5.91 Å². The van der Waals surface area contributed by atoms with Crippen LogP contribution in [-0.2, 0) is 0 Å². The number of amides is 1. The summed E-state index contributed by atoms with van der Waals surface area (Å²) in [5.41, 5.74) is 5.82. The summed E-state index contributed by atoms with van der Waals surface area (Å²) in [6.07, 6.45) is 0. The molecule has 0 aliphatic rings. The Bertz CT molecular complexity index is 366. The standard InChI is InChI=1S/C10H14N4O.ClH/c1-13(2)14(10(11)12)9(15)8-6-4-3-5-7-8;/h3-7H,1-2H3,(H3,11,12);1H. The van der Waals surface area contributed by atoms with Gasteiger partial charge in [0, 0.05) is 19.7 Å². The molecule has 0 fully saturated rings. The molecular formula is C10H15ClN4O. The normalized spacial score (nSPS) is 9.44. The third kappa shape index (κ3) is 3.22. The Labute approximate surface area is 101 Å². The molecule has 0 spiro atoms. The van der Waals surface area contributed by atoms with Gasteiger partial charge in [-0.1, -0.05) is 18.2 Å². The highest BCUT2D eigenvalue weighted by atomic mass is 35.5. The highest BCUT2D eigenvalue weighted by Crippen LogP contribution is 2.04. The van der Waals surface area contributed by atoms with Crippen molar-refractivity contribution in [3.05, 3.63) is 35.9 Å². The predicted molar refractivity (Wildman–Crippen MR) is 65.5 cm³/mol. The van der Waals surface area contributed by atoms with Crippen molar-refractivity contribution in [2.24, 2.45) is 5.73 Å². The van der Waals surface area contributed by atoms with E-state index >= 15 is 0 Å². The number of carbonyl (C=O) groups is 1. The molecule has 0 bridgehead atoms. The monoisotopic (exact) mass is 242 g/mol. The van der Waals surface area contributed by atoms with Crippen molar-refractivity contribution in [3.63, 3.8) is 0 Å². The largest absolute Gasteiger partial charge is 0.369 e. The summed E-state index contributed by atoms with van der Waals surface area (Å²) in [5.74, 6) is -0.609. The third-order valence-electron chi connectivity index (χ3n) is 1.84. The fourth-order valence-electron chi connectivity index (χ4n) is 1.21. The third-order valence-corrected chi connectivity index (χ3v) is 1.84. The summed E-state index contributed by atoms with van der Waals surface area (Å²) in [7, 11) is 3.31. The van der Waals surface area contributed by atoms with E-state index in [1.807, 2.05) is 6.07 Å². The molecule has 16 heavy (non-hydrogen) atoms. The zero-order valence-electron chi connectivity index (χ0n) is 9.18. The second-order valence-electron chi connectivity index (χ2n) is 3.22. The van der Waals surface area contributed by atoms with E-state index in [9.17, 15) is 4.79 Å². The average Bonchev–Trinajstić information content (AvgIpc) is 2.18. The molecule has 0 aliphatic heterocycles. The lowest BCUT2D eigenvalue weighted by Crippen LogP contribution is -2.49. The van der Waals surface area contributed by atoms with E-state index in [1.54, 1.807) is 38.4 Å². The predicted octanol–water partition coefficient (Wildman–Crippen LogP) is 0.921. The number of rotatable bonds is 2. The molecule has 0 saturated heterocycles. The molecule has 1 aromatic rings. The number of nitrogens with zero attached hydrogens (tertiary/aromatic N) is 2. The van der Waals surface area contributed by atoms with Crippen LogP contribution >= 0.6 is 12.4 Å². The van der Waals surface area contributed by atoms with Crippen LogP contribution in [-0.4, -0.2) is 36.0 Å². The van der Waals surface area contributed by atoms with Gasteiger partial charge in [0.2, 0.25) is 5.96 Å². The van der Waals surface area contributed by atoms with Gasteiger partial charge in [-0.3, -0.25) is 10.2 Å². The van der Waals surface area contributed by atoms with E-state index < -0.39 is 0 Å². The highest BCUT2D eigenvalue weighted by molar-refractivity contribution is 6.03. The number of nitrogens with two attached hydrogens (primary N) is 1. The van der Waals surface area contributed by atoms with Crippen LogP contribution < -0.4 is 5.73 Å². The van der Waals surface area contributed by atoms with Gasteiger partial charge in [0.15, 0.2) is 0 Å². The van der Waals surface area contributed by atoms with E-state index in [-0.39, 0.29) is 24.3 Å². The van der Waals surface area contributed by atoms with Gasteiger partial charge in [-0.2, -0.15) is 0 Å². The fourth-order valence-corrected chi connectivity index (χ4v) is 1.21. The van der Waals surface area contributed by atoms with Gasteiger partial charge in [0.1, 0.15) is 0 Å². The number of nitrogens with one attached hydrogen (secondary N) is 1. The Morgan fingerprint density at radius 3 is 2.12 bits per heavy atom. The van der Waals surface area contributed by atoms with Gasteiger partial charge in [0.05, 0.1) is 0 Å². The number of hydrogen-bond acceptors (Lipinski definition) is 3. The smallest absolute Gasteiger partial charge is 0.275 e. The van der Waals surface area contributed by atoms with Gasteiger partial charge in [-0.05, 0) is 12.1 Å². The number of hydrazine groups is 1. The maximum Gasteiger partial charge on any atom is 0.275 e. The molecule has 1 aromatic carbocycles. The SMILES string of the molecule is CN(C)N(C(=N)N)C(=O)c1ccccc1.Cl. The minimum Gasteiger partial charge on any atom is -0.369 e. The Morgan fingerprint density at radius 1 is 1.25 bits per heavy atom. The molecule has 0 unspecified atom stereocenters. The van der Waals surface area contributed by atoms with Crippen molar-refractivity contribution < 1.29 is 4.79 Å². The average molecular weight is 243 g/mol. The number of hydrogen-bond donors (Lipinski definition) is 2. The molecule has 3 N–H and O–H groups in total. The first kappa shape index (κ1) is 14.4. The molecule has 1 rings (SSSR count). The van der Waals surface area contributed by atoms with Crippen molar-refractivity contribution >= 4 is 24.3 Å². The van der Waals surface area contributed by atoms with Crippen LogP contribution in [0.1, 0.15) is 10.4 Å². The summed E-state index contributed by atoms with van der Waals surface area (Å²) in [5, 5.41) is 9.87. The molecule has 0 saturated carbocycles. The first-order valence-electron chi connectivity index (χ1n) is 4.45. The van der Waals surface area contributed by atoms with Crippen molar-refractivity contribution in [2.75, 3.05) is 14.1 Å². The van der Waals surface area contributed by atoms with E-state index in [0.29, 0.717) is 5.56 Å². The second-order valence-corrected chi connectivity index (χ2v) is 3.22. The number of guanidine groups is 1. The first-order valence-corrected chi connectivity index (χ1v) is 4.45. The minimum absolute atomic E-state index is 0. The van der Waals surface area contributed by atoms with Gasteiger partial charge >= 0.3 is 0 Å². The zero-order chi connectivity index (χ0) is 11.4. The first-order chi connectivity index (χ1) is 7.04. The maximum absolute atomic E-state index is 11.9. The van der Waals surface area contributed by atoms with E-state index in [1.165, 1.54) is 5.01 Å². The second kappa shape index (κ2) is 6.09. The van der Waals surface area contributed by atoms with Crippen LogP contribution in [0.3, 0.4) is 0 Å². The number of benzene rings is 1. The Hall–Kier alpha value is -1.59. The van der Waals surface area contributed by atoms with Crippen molar-refractivity contribution in [1.82, 2.24) is 10.0 Å². The van der Waals surface area contributed by atoms with Crippen LogP contribution in [0.15, 0.2) is 30.3 Å². The van der Waals surface area contributed by atoms with E-state index in [2.05, 4.69) is 0 Å². The van der Waals surface area contributed by atoms with Gasteiger partial charge < -0.3 is 5.73 Å². The zero-order valence-corrected chi connectivity index (χ0v) is 9.99. The Balaban J connectivity index is 0.00000225. The molecule has 0 aliphatic carbocycles. The van der Waals surface area contributed by atoms with Crippen LogP contribution in [0.4, 0.5) is 0 Å². The van der Waals surface area contributed by atoms with Gasteiger partial charge in [-0.15, -0.1) is 12.4 Å². The lowest BCUT2D eigenvalue weighted by atomic mass is 10.2. The summed E-state index contributed by atoms with van der Waals surface area (Å²) < 4.78 is 0. The summed E-state index contributed by atoms with van der Waals surface area (Å²) >= 11 is 0. The Morgan fingerprint density at radius 2 is 1.75 bits per heavy atom. The fraction of sp³-hybridized carbons (Fsp3) is 0.200. The summed E-state index contributed by atoms with van der Waals surface area (Å²) in [6.45, 7) is 0. The van der Waals surface area contributed by atoms with Crippen LogP contribution in [0, 0.1) is 5.41 Å². The lowest BCUT2D eigenvalue weighted by molar-refractivity contribution is 0.0524. The van der Waals surface area contributed by atoms with Crippen LogP contribution in [0.25, 0.3) is 0 Å². The van der Waals surface area contributed by atoms with E-state index in [4.69, 9.17) is 11.1 Å². The van der Waals surface area contributed by atoms with Crippen molar-refractivity contribution in [2.45, 2.75) is 0 Å². The topological polar surface area (TPSA) is 73.4 Å². The molecule has 6 heteroatoms. The molecular weight excluding hydrogens is 228 g/mol.